The number of nitrogens with one attached hydrogen (secondary N) is 3. The number of aromatic amines is 1. The topological polar surface area (TPSA) is 99.1 Å². The van der Waals surface area contributed by atoms with E-state index in [1.165, 1.54) is 0 Å². The highest BCUT2D eigenvalue weighted by Crippen LogP contribution is 2.45. The molecule has 2 aromatic rings. The molecular weight excluding hydrogens is 304 g/mol. The second-order valence-corrected chi connectivity index (χ2v) is 6.59. The molecule has 1 saturated heterocycles. The molecule has 0 spiro atoms. The Labute approximate surface area is 140 Å². The summed E-state index contributed by atoms with van der Waals surface area (Å²) in [5.74, 6) is 0.133. The number of hydrogen-bond donors (Lipinski definition) is 4. The molecule has 1 aromatic heterocycles. The summed E-state index contributed by atoms with van der Waals surface area (Å²) in [4.78, 5) is 12.0. The molecule has 1 amide bonds. The van der Waals surface area contributed by atoms with Crippen LogP contribution in [0.1, 0.15) is 34.8 Å². The minimum absolute atomic E-state index is 0.243. The van der Waals surface area contributed by atoms with E-state index in [1.807, 2.05) is 19.3 Å². The van der Waals surface area contributed by atoms with Crippen LogP contribution >= 0.6 is 0 Å². The number of hydrazine groups is 1. The van der Waals surface area contributed by atoms with Gasteiger partial charge in [-0.1, -0.05) is 0 Å². The summed E-state index contributed by atoms with van der Waals surface area (Å²) >= 11 is 0. The molecule has 3 heterocycles. The average molecular weight is 326 g/mol. The first-order valence-corrected chi connectivity index (χ1v) is 8.32. The third-order valence-corrected chi connectivity index (χ3v) is 5.12. The molecule has 7 nitrogen and oxygen atoms in total. The van der Waals surface area contributed by atoms with Gasteiger partial charge in [0, 0.05) is 18.8 Å². The second kappa shape index (κ2) is 5.92. The van der Waals surface area contributed by atoms with E-state index in [0.29, 0.717) is 11.5 Å². The molecule has 0 radical (unpaired) electrons. The third kappa shape index (κ3) is 2.46. The van der Waals surface area contributed by atoms with Crippen LogP contribution in [0.15, 0.2) is 24.5 Å². The number of H-pyrrole nitrogens is 1. The zero-order valence-corrected chi connectivity index (χ0v) is 13.7. The Balaban J connectivity index is 1.82. The van der Waals surface area contributed by atoms with E-state index < -0.39 is 5.91 Å². The van der Waals surface area contributed by atoms with Crippen LogP contribution in [-0.2, 0) is 0 Å². The maximum Gasteiger partial charge on any atom is 0.250 e. The van der Waals surface area contributed by atoms with Gasteiger partial charge in [-0.25, -0.2) is 5.01 Å². The summed E-state index contributed by atoms with van der Waals surface area (Å²) in [6.45, 7) is 2.07. The molecule has 2 aliphatic heterocycles. The maximum absolute atomic E-state index is 12.0. The maximum atomic E-state index is 12.0. The smallest absolute Gasteiger partial charge is 0.250 e. The van der Waals surface area contributed by atoms with Gasteiger partial charge in [-0.3, -0.25) is 9.89 Å². The first-order valence-electron chi connectivity index (χ1n) is 8.32. The first-order chi connectivity index (χ1) is 11.6. The Bertz CT molecular complexity index is 751. The number of piperidine rings is 1. The van der Waals surface area contributed by atoms with Gasteiger partial charge in [-0.2, -0.15) is 5.10 Å². The van der Waals surface area contributed by atoms with Gasteiger partial charge in [0.05, 0.1) is 23.5 Å². The van der Waals surface area contributed by atoms with Crippen LogP contribution in [-0.4, -0.2) is 41.3 Å². The number of rotatable bonds is 3. The van der Waals surface area contributed by atoms with E-state index in [2.05, 4.69) is 32.0 Å². The lowest BCUT2D eigenvalue weighted by Crippen LogP contribution is -2.36. The summed E-state index contributed by atoms with van der Waals surface area (Å²) < 4.78 is 0. The van der Waals surface area contributed by atoms with Crippen LogP contribution in [0.4, 0.5) is 5.69 Å². The van der Waals surface area contributed by atoms with E-state index in [4.69, 9.17) is 5.73 Å². The van der Waals surface area contributed by atoms with Crippen LogP contribution in [0.3, 0.4) is 0 Å². The minimum Gasteiger partial charge on any atom is -0.366 e. The standard InChI is InChI=1S/C17H22N6O/c1-23-16(10-2-4-19-5-3-10)13-6-11(12-8-20-21-9-12)7-14(17(18)24)15(13)22-23/h6-10,16,19,22H,2-5H2,1H3,(H2,18,24)(H,20,21). The molecule has 1 fully saturated rings. The zero-order chi connectivity index (χ0) is 16.7. The highest BCUT2D eigenvalue weighted by atomic mass is 16.1. The molecule has 1 atom stereocenters. The van der Waals surface area contributed by atoms with Crippen molar-refractivity contribution in [2.45, 2.75) is 18.9 Å². The van der Waals surface area contributed by atoms with Gasteiger partial charge in [-0.15, -0.1) is 0 Å². The molecule has 5 N–H and O–H groups in total. The summed E-state index contributed by atoms with van der Waals surface area (Å²) in [6, 6.07) is 4.25. The number of primary amides is 1. The highest BCUT2D eigenvalue weighted by Gasteiger charge is 2.37. The number of carbonyl (C=O) groups is 1. The number of amides is 1. The van der Waals surface area contributed by atoms with Gasteiger partial charge < -0.3 is 16.5 Å². The van der Waals surface area contributed by atoms with Crippen molar-refractivity contribution in [2.24, 2.45) is 11.7 Å². The molecule has 126 valence electrons. The van der Waals surface area contributed by atoms with Crippen molar-refractivity contribution in [3.05, 3.63) is 35.7 Å². The number of nitrogens with two attached hydrogens (primary N) is 1. The summed E-state index contributed by atoms with van der Waals surface area (Å²) in [7, 11) is 2.04. The second-order valence-electron chi connectivity index (χ2n) is 6.59. The Morgan fingerprint density at radius 1 is 1.29 bits per heavy atom. The van der Waals surface area contributed by atoms with Crippen molar-refractivity contribution in [3.63, 3.8) is 0 Å². The summed E-state index contributed by atoms with van der Waals surface area (Å²) in [5, 5.41) is 12.4. The van der Waals surface area contributed by atoms with Crippen molar-refractivity contribution in [1.82, 2.24) is 20.5 Å². The lowest BCUT2D eigenvalue weighted by Gasteiger charge is -2.32. The number of anilines is 1. The monoisotopic (exact) mass is 326 g/mol. The van der Waals surface area contributed by atoms with Crippen LogP contribution in [0, 0.1) is 5.92 Å². The van der Waals surface area contributed by atoms with E-state index in [0.717, 1.165) is 48.3 Å². The Morgan fingerprint density at radius 3 is 2.75 bits per heavy atom. The highest BCUT2D eigenvalue weighted by molar-refractivity contribution is 6.01. The normalized spacial score (nSPS) is 21.5. The molecule has 0 aliphatic carbocycles. The Hall–Kier alpha value is -2.38. The van der Waals surface area contributed by atoms with E-state index >= 15 is 0 Å². The van der Waals surface area contributed by atoms with Gasteiger partial charge >= 0.3 is 0 Å². The first kappa shape index (κ1) is 15.2. The zero-order valence-electron chi connectivity index (χ0n) is 13.7. The van der Waals surface area contributed by atoms with Crippen molar-refractivity contribution in [3.8, 4) is 11.1 Å². The van der Waals surface area contributed by atoms with Gasteiger partial charge in [0.1, 0.15) is 0 Å². The largest absolute Gasteiger partial charge is 0.366 e. The number of aromatic nitrogens is 2. The summed E-state index contributed by atoms with van der Waals surface area (Å²) in [5.41, 5.74) is 13.5. The van der Waals surface area contributed by atoms with Crippen LogP contribution in [0.5, 0.6) is 0 Å². The van der Waals surface area contributed by atoms with Gasteiger partial charge in [0.25, 0.3) is 5.91 Å². The van der Waals surface area contributed by atoms with Crippen molar-refractivity contribution >= 4 is 11.6 Å². The van der Waals surface area contributed by atoms with Gasteiger partial charge in [-0.05, 0) is 55.1 Å². The number of carbonyl (C=O) groups excluding carboxylic acids is 1. The fraction of sp³-hybridized carbons (Fsp3) is 0.412. The average Bonchev–Trinajstić information content (AvgIpc) is 3.21. The lowest BCUT2D eigenvalue weighted by molar-refractivity contribution is 0.100. The summed E-state index contributed by atoms with van der Waals surface area (Å²) in [6.07, 6.45) is 5.84. The molecule has 1 aromatic carbocycles. The van der Waals surface area contributed by atoms with Crippen LogP contribution in [0.25, 0.3) is 11.1 Å². The number of benzene rings is 1. The SMILES string of the molecule is CN1Nc2c(C(N)=O)cc(-c3cn[nH]c3)cc2C1C1CCNCC1. The molecule has 4 rings (SSSR count). The van der Waals surface area contributed by atoms with E-state index in [9.17, 15) is 4.79 Å². The Kier molecular flexibility index (Phi) is 3.74. The van der Waals surface area contributed by atoms with Crippen molar-refractivity contribution in [1.29, 1.82) is 0 Å². The molecule has 24 heavy (non-hydrogen) atoms. The third-order valence-electron chi connectivity index (χ3n) is 5.12. The van der Waals surface area contributed by atoms with Crippen LogP contribution < -0.4 is 16.5 Å². The number of hydrogen-bond acceptors (Lipinski definition) is 5. The van der Waals surface area contributed by atoms with Gasteiger partial charge in [0.15, 0.2) is 0 Å². The minimum atomic E-state index is -0.413. The quantitative estimate of drug-likeness (QED) is 0.685. The molecule has 1 unspecified atom stereocenters. The molecule has 2 aliphatic rings. The number of nitrogens with zero attached hydrogens (tertiary/aromatic N) is 2. The van der Waals surface area contributed by atoms with Crippen molar-refractivity contribution < 1.29 is 4.79 Å². The van der Waals surface area contributed by atoms with Gasteiger partial charge in [0.2, 0.25) is 0 Å². The molecule has 0 saturated carbocycles. The molecule has 7 heteroatoms. The molecule has 0 bridgehead atoms. The predicted octanol–water partition coefficient (Wildman–Crippen LogP) is 1.49. The van der Waals surface area contributed by atoms with E-state index in [1.54, 1.807) is 6.20 Å². The van der Waals surface area contributed by atoms with Crippen LogP contribution in [0.2, 0.25) is 0 Å². The predicted molar refractivity (Wildman–Crippen MR) is 92.3 cm³/mol. The lowest BCUT2D eigenvalue weighted by atomic mass is 9.84. The Morgan fingerprint density at radius 2 is 2.08 bits per heavy atom. The fourth-order valence-corrected chi connectivity index (χ4v) is 3.98. The number of fused-ring (bicyclic) bond motifs is 1. The molecular formula is C17H22N6O. The fourth-order valence-electron chi connectivity index (χ4n) is 3.98. The van der Waals surface area contributed by atoms with E-state index in [-0.39, 0.29) is 6.04 Å². The van der Waals surface area contributed by atoms with Crippen molar-refractivity contribution in [2.75, 3.05) is 25.6 Å².